The van der Waals surface area contributed by atoms with Gasteiger partial charge in [0.05, 0.1) is 12.5 Å². The first-order valence-electron chi connectivity index (χ1n) is 12.4. The number of hydrogen-bond donors (Lipinski definition) is 5. The highest BCUT2D eigenvalue weighted by Crippen LogP contribution is 2.29. The predicted molar refractivity (Wildman–Crippen MR) is 145 cm³/mol. The Morgan fingerprint density at radius 3 is 2.42 bits per heavy atom. The number of nitrogen functional groups attached to an aromatic ring is 1. The fraction of sp³-hybridized carbons (Fsp3) is 0.207. The Balaban J connectivity index is 1.45. The van der Waals surface area contributed by atoms with Gasteiger partial charge in [-0.3, -0.25) is 24.7 Å². The van der Waals surface area contributed by atoms with Crippen LogP contribution in [0.3, 0.4) is 0 Å². The number of benzene rings is 3. The molecule has 206 valence electrons. The summed E-state index contributed by atoms with van der Waals surface area (Å²) in [4.78, 5) is 51.3. The summed E-state index contributed by atoms with van der Waals surface area (Å²) in [7, 11) is 0. The first-order valence-corrected chi connectivity index (χ1v) is 12.4. The summed E-state index contributed by atoms with van der Waals surface area (Å²) in [6.07, 6.45) is -0.422. The molecule has 1 fully saturated rings. The lowest BCUT2D eigenvalue weighted by Gasteiger charge is -2.23. The lowest BCUT2D eigenvalue weighted by molar-refractivity contribution is -0.138. The lowest BCUT2D eigenvalue weighted by atomic mass is 9.91. The minimum absolute atomic E-state index is 0.138. The number of nitrogens with zero attached hydrogens (tertiary/aromatic N) is 1. The number of hydrogen-bond acceptors (Lipinski definition) is 6. The van der Waals surface area contributed by atoms with Gasteiger partial charge in [-0.15, -0.1) is 0 Å². The van der Waals surface area contributed by atoms with E-state index in [4.69, 9.17) is 15.9 Å². The van der Waals surface area contributed by atoms with E-state index in [1.807, 2.05) is 30.3 Å². The third kappa shape index (κ3) is 6.26. The van der Waals surface area contributed by atoms with Crippen molar-refractivity contribution >= 4 is 29.7 Å². The Morgan fingerprint density at radius 1 is 1.07 bits per heavy atom. The summed E-state index contributed by atoms with van der Waals surface area (Å²) in [6, 6.07) is 20.8. The number of carbonyl (C=O) groups is 4. The van der Waals surface area contributed by atoms with Gasteiger partial charge in [-0.2, -0.15) is 0 Å². The third-order valence-corrected chi connectivity index (χ3v) is 6.57. The van der Waals surface area contributed by atoms with E-state index in [1.165, 1.54) is 6.92 Å². The van der Waals surface area contributed by atoms with Crippen molar-refractivity contribution in [1.82, 2.24) is 15.5 Å². The number of ether oxygens (including phenoxy) is 1. The van der Waals surface area contributed by atoms with Crippen molar-refractivity contribution in [2.45, 2.75) is 31.5 Å². The molecule has 2 unspecified atom stereocenters. The number of urea groups is 1. The molecular formula is C29H29N5O6. The molecule has 40 heavy (non-hydrogen) atoms. The number of rotatable bonds is 11. The molecule has 3 aromatic rings. The molecule has 3 aromatic carbocycles. The number of nitrogens with two attached hydrogens (primary N) is 1. The summed E-state index contributed by atoms with van der Waals surface area (Å²) in [5.41, 5.74) is 6.42. The Labute approximate surface area is 230 Å². The fourth-order valence-electron chi connectivity index (χ4n) is 4.39. The molecule has 0 bridgehead atoms. The van der Waals surface area contributed by atoms with Crippen molar-refractivity contribution in [3.63, 3.8) is 0 Å². The fourth-order valence-corrected chi connectivity index (χ4v) is 4.39. The molecule has 6 N–H and O–H groups in total. The van der Waals surface area contributed by atoms with Crippen molar-refractivity contribution in [1.29, 1.82) is 5.41 Å². The SMILES string of the molecule is CC1(c2ccc(C(=N)N)cc2)NC(=O)N(CC(=O)NC(CC(=O)O)c2cccc(OCc3ccccc3)c2)C1=O. The van der Waals surface area contributed by atoms with Crippen molar-refractivity contribution < 1.29 is 29.0 Å². The second kappa shape index (κ2) is 11.7. The first kappa shape index (κ1) is 27.8. The van der Waals surface area contributed by atoms with E-state index >= 15 is 0 Å². The molecule has 11 heteroatoms. The van der Waals surface area contributed by atoms with Gasteiger partial charge in [-0.05, 0) is 35.7 Å². The van der Waals surface area contributed by atoms with Gasteiger partial charge in [0.25, 0.3) is 5.91 Å². The van der Waals surface area contributed by atoms with Crippen molar-refractivity contribution in [2.75, 3.05) is 6.54 Å². The van der Waals surface area contributed by atoms with Crippen LogP contribution in [0, 0.1) is 5.41 Å². The summed E-state index contributed by atoms with van der Waals surface area (Å²) < 4.78 is 5.83. The average Bonchev–Trinajstić information content (AvgIpc) is 3.15. The second-order valence-electron chi connectivity index (χ2n) is 9.50. The van der Waals surface area contributed by atoms with Crippen LogP contribution in [0.2, 0.25) is 0 Å². The Morgan fingerprint density at radius 2 is 1.77 bits per heavy atom. The van der Waals surface area contributed by atoms with E-state index in [1.54, 1.807) is 48.5 Å². The molecular weight excluding hydrogens is 514 g/mol. The van der Waals surface area contributed by atoms with Crippen LogP contribution in [0.1, 0.15) is 41.6 Å². The highest BCUT2D eigenvalue weighted by Gasteiger charge is 2.49. The van der Waals surface area contributed by atoms with E-state index in [2.05, 4.69) is 10.6 Å². The van der Waals surface area contributed by atoms with Crippen LogP contribution in [0.4, 0.5) is 4.79 Å². The number of carboxylic acids is 1. The summed E-state index contributed by atoms with van der Waals surface area (Å²) in [5, 5.41) is 22.2. The van der Waals surface area contributed by atoms with Gasteiger partial charge in [0.15, 0.2) is 0 Å². The zero-order chi connectivity index (χ0) is 28.9. The van der Waals surface area contributed by atoms with Crippen LogP contribution >= 0.6 is 0 Å². The predicted octanol–water partition coefficient (Wildman–Crippen LogP) is 2.65. The van der Waals surface area contributed by atoms with Crippen LogP contribution in [-0.2, 0) is 26.5 Å². The van der Waals surface area contributed by atoms with Gasteiger partial charge in [-0.1, -0.05) is 66.7 Å². The third-order valence-electron chi connectivity index (χ3n) is 6.57. The van der Waals surface area contributed by atoms with Gasteiger partial charge < -0.3 is 26.2 Å². The molecule has 1 saturated heterocycles. The molecule has 1 aliphatic rings. The van der Waals surface area contributed by atoms with Crippen LogP contribution in [0.15, 0.2) is 78.9 Å². The number of imide groups is 1. The molecule has 4 amide bonds. The Bertz CT molecular complexity index is 1440. The highest BCUT2D eigenvalue weighted by molar-refractivity contribution is 6.09. The molecule has 0 radical (unpaired) electrons. The molecule has 0 saturated carbocycles. The van der Waals surface area contributed by atoms with E-state index in [9.17, 15) is 24.3 Å². The maximum atomic E-state index is 13.2. The number of carboxylic acid groups (broad SMARTS) is 1. The minimum atomic E-state index is -1.43. The highest BCUT2D eigenvalue weighted by atomic mass is 16.5. The summed E-state index contributed by atoms with van der Waals surface area (Å²) in [5.74, 6) is -2.14. The Kier molecular flexibility index (Phi) is 8.13. The average molecular weight is 544 g/mol. The minimum Gasteiger partial charge on any atom is -0.489 e. The van der Waals surface area contributed by atoms with E-state index in [-0.39, 0.29) is 5.84 Å². The number of amides is 4. The molecule has 0 spiro atoms. The standard InChI is InChI=1S/C29H29N5O6/c1-29(21-12-10-19(11-13-21)26(30)31)27(38)34(28(39)33-29)16-24(35)32-23(15-25(36)37)20-8-5-9-22(14-20)40-17-18-6-3-2-4-7-18/h2-14,23H,15-17H2,1H3,(H3,30,31)(H,32,35)(H,33,39)(H,36,37). The first-order chi connectivity index (χ1) is 19.1. The van der Waals surface area contributed by atoms with Crippen molar-refractivity contribution in [3.05, 3.63) is 101 Å². The zero-order valence-electron chi connectivity index (χ0n) is 21.7. The van der Waals surface area contributed by atoms with Gasteiger partial charge in [-0.25, -0.2) is 4.79 Å². The maximum absolute atomic E-state index is 13.2. The number of aliphatic carboxylic acids is 1. The zero-order valence-corrected chi connectivity index (χ0v) is 21.7. The summed E-state index contributed by atoms with van der Waals surface area (Å²) in [6.45, 7) is 1.22. The summed E-state index contributed by atoms with van der Waals surface area (Å²) >= 11 is 0. The van der Waals surface area contributed by atoms with Crippen LogP contribution < -0.4 is 21.1 Å². The van der Waals surface area contributed by atoms with Crippen molar-refractivity contribution in [3.8, 4) is 5.75 Å². The molecule has 4 rings (SSSR count). The normalized spacial score (nSPS) is 17.2. The van der Waals surface area contributed by atoms with Gasteiger partial charge >= 0.3 is 12.0 Å². The van der Waals surface area contributed by atoms with Gasteiger partial charge in [0.1, 0.15) is 30.3 Å². The monoisotopic (exact) mass is 543 g/mol. The topological polar surface area (TPSA) is 175 Å². The van der Waals surface area contributed by atoms with E-state index in [0.717, 1.165) is 10.5 Å². The quantitative estimate of drug-likeness (QED) is 0.140. The van der Waals surface area contributed by atoms with Crippen LogP contribution in [0.5, 0.6) is 5.75 Å². The lowest BCUT2D eigenvalue weighted by Crippen LogP contribution is -2.44. The largest absolute Gasteiger partial charge is 0.489 e. The molecule has 0 aromatic heterocycles. The smallest absolute Gasteiger partial charge is 0.325 e. The van der Waals surface area contributed by atoms with Gasteiger partial charge in [0.2, 0.25) is 5.91 Å². The van der Waals surface area contributed by atoms with Crippen LogP contribution in [0.25, 0.3) is 0 Å². The second-order valence-corrected chi connectivity index (χ2v) is 9.50. The molecule has 1 aliphatic heterocycles. The molecule has 2 atom stereocenters. The molecule has 0 aliphatic carbocycles. The Hall–Kier alpha value is -5.19. The van der Waals surface area contributed by atoms with Crippen molar-refractivity contribution in [2.24, 2.45) is 5.73 Å². The number of nitrogens with one attached hydrogen (secondary N) is 3. The van der Waals surface area contributed by atoms with Crippen LogP contribution in [-0.4, -0.2) is 46.2 Å². The van der Waals surface area contributed by atoms with E-state index < -0.39 is 48.4 Å². The number of amidine groups is 1. The molecule has 1 heterocycles. The number of carbonyl (C=O) groups excluding carboxylic acids is 3. The van der Waals surface area contributed by atoms with Gasteiger partial charge in [0, 0.05) is 5.56 Å². The maximum Gasteiger partial charge on any atom is 0.325 e. The van der Waals surface area contributed by atoms with E-state index in [0.29, 0.717) is 29.0 Å². The molecule has 11 nitrogen and oxygen atoms in total.